The van der Waals surface area contributed by atoms with Gasteiger partial charge in [0.1, 0.15) is 11.5 Å². The molecule has 2 heterocycles. The van der Waals surface area contributed by atoms with Gasteiger partial charge in [0.2, 0.25) is 5.91 Å². The van der Waals surface area contributed by atoms with Crippen molar-refractivity contribution in [2.24, 2.45) is 5.92 Å². The van der Waals surface area contributed by atoms with Crippen LogP contribution in [0.4, 0.5) is 11.4 Å². The molecule has 4 rings (SSSR count). The van der Waals surface area contributed by atoms with Crippen LogP contribution in [0.3, 0.4) is 0 Å². The van der Waals surface area contributed by atoms with Crippen LogP contribution in [0, 0.1) is 5.92 Å². The molecule has 31 heavy (non-hydrogen) atoms. The van der Waals surface area contributed by atoms with Crippen LogP contribution in [0.2, 0.25) is 0 Å². The van der Waals surface area contributed by atoms with Crippen LogP contribution in [0.15, 0.2) is 54.6 Å². The van der Waals surface area contributed by atoms with Crippen molar-refractivity contribution < 1.29 is 9.59 Å². The van der Waals surface area contributed by atoms with Gasteiger partial charge in [-0.1, -0.05) is 50.6 Å². The Kier molecular flexibility index (Phi) is 6.16. The zero-order valence-electron chi connectivity index (χ0n) is 18.0. The fraction of sp³-hybridized carbons (Fsp3) is 0.320. The molecule has 1 aromatic heterocycles. The summed E-state index contributed by atoms with van der Waals surface area (Å²) in [6.07, 6.45) is 4.15. The maximum Gasteiger partial charge on any atom is 0.276 e. The molecule has 1 aliphatic heterocycles. The van der Waals surface area contributed by atoms with Gasteiger partial charge in [-0.15, -0.1) is 0 Å². The highest BCUT2D eigenvalue weighted by molar-refractivity contribution is 6.04. The van der Waals surface area contributed by atoms with E-state index in [9.17, 15) is 9.59 Å². The SMILES string of the molecule is CC(C)C(=O)Nc1ccc(NC(=O)c2nc(-c3ccccc3)n3c2CCCCC3)cc1. The van der Waals surface area contributed by atoms with Crippen molar-refractivity contribution >= 4 is 23.2 Å². The molecular formula is C25H28N4O2. The Morgan fingerprint density at radius 1 is 0.903 bits per heavy atom. The first-order chi connectivity index (χ1) is 15.0. The lowest BCUT2D eigenvalue weighted by Gasteiger charge is -2.10. The molecule has 2 aromatic carbocycles. The molecule has 0 aliphatic carbocycles. The monoisotopic (exact) mass is 416 g/mol. The molecule has 0 saturated heterocycles. The van der Waals surface area contributed by atoms with Crippen molar-refractivity contribution in [2.75, 3.05) is 10.6 Å². The molecule has 0 fully saturated rings. The second kappa shape index (κ2) is 9.16. The number of carbonyl (C=O) groups excluding carboxylic acids is 2. The zero-order chi connectivity index (χ0) is 21.8. The van der Waals surface area contributed by atoms with Gasteiger partial charge >= 0.3 is 0 Å². The summed E-state index contributed by atoms with van der Waals surface area (Å²) in [6, 6.07) is 17.2. The molecule has 0 unspecified atom stereocenters. The lowest BCUT2D eigenvalue weighted by Crippen LogP contribution is -2.18. The molecule has 0 atom stereocenters. The minimum atomic E-state index is -0.202. The molecule has 1 aliphatic rings. The van der Waals surface area contributed by atoms with Gasteiger partial charge in [-0.25, -0.2) is 4.98 Å². The largest absolute Gasteiger partial charge is 0.327 e. The fourth-order valence-electron chi connectivity index (χ4n) is 3.82. The number of nitrogens with one attached hydrogen (secondary N) is 2. The molecule has 2 N–H and O–H groups in total. The van der Waals surface area contributed by atoms with E-state index in [4.69, 9.17) is 4.98 Å². The second-order valence-electron chi connectivity index (χ2n) is 8.23. The third-order valence-electron chi connectivity index (χ3n) is 5.55. The van der Waals surface area contributed by atoms with Crippen molar-refractivity contribution in [1.82, 2.24) is 9.55 Å². The van der Waals surface area contributed by atoms with Gasteiger partial charge in [0.15, 0.2) is 0 Å². The van der Waals surface area contributed by atoms with Gasteiger partial charge in [-0.3, -0.25) is 9.59 Å². The van der Waals surface area contributed by atoms with Crippen LogP contribution in [0.5, 0.6) is 0 Å². The van der Waals surface area contributed by atoms with Crippen molar-refractivity contribution in [3.8, 4) is 11.4 Å². The van der Waals surface area contributed by atoms with E-state index >= 15 is 0 Å². The molecule has 6 heteroatoms. The van der Waals surface area contributed by atoms with E-state index in [1.165, 1.54) is 0 Å². The number of nitrogens with zero attached hydrogens (tertiary/aromatic N) is 2. The molecule has 0 saturated carbocycles. The predicted octanol–water partition coefficient (Wildman–Crippen LogP) is 5.12. The number of hydrogen-bond acceptors (Lipinski definition) is 3. The van der Waals surface area contributed by atoms with E-state index in [0.717, 1.165) is 49.3 Å². The highest BCUT2D eigenvalue weighted by Gasteiger charge is 2.24. The van der Waals surface area contributed by atoms with Crippen LogP contribution in [0.1, 0.15) is 49.3 Å². The summed E-state index contributed by atoms with van der Waals surface area (Å²) < 4.78 is 2.21. The second-order valence-corrected chi connectivity index (χ2v) is 8.23. The number of benzene rings is 2. The van der Waals surface area contributed by atoms with Crippen LogP contribution in [-0.2, 0) is 17.8 Å². The standard InChI is InChI=1S/C25H28N4O2/c1-17(2)24(30)26-19-12-14-20(15-13-19)27-25(31)22-21-11-7-4-8-16-29(21)23(28-22)18-9-5-3-6-10-18/h3,5-6,9-10,12-15,17H,4,7-8,11,16H2,1-2H3,(H,26,30)(H,27,31). The number of fused-ring (bicyclic) bond motifs is 1. The Balaban J connectivity index is 1.57. The summed E-state index contributed by atoms with van der Waals surface area (Å²) in [7, 11) is 0. The number of anilines is 2. The van der Waals surface area contributed by atoms with Crippen molar-refractivity contribution in [3.05, 3.63) is 66.0 Å². The number of amides is 2. The third-order valence-corrected chi connectivity index (χ3v) is 5.55. The molecule has 6 nitrogen and oxygen atoms in total. The van der Waals surface area contributed by atoms with Crippen LogP contribution in [-0.4, -0.2) is 21.4 Å². The van der Waals surface area contributed by atoms with Crippen molar-refractivity contribution in [3.63, 3.8) is 0 Å². The smallest absolute Gasteiger partial charge is 0.276 e. The number of imidazole rings is 1. The van der Waals surface area contributed by atoms with Crippen molar-refractivity contribution in [2.45, 2.75) is 46.1 Å². The minimum Gasteiger partial charge on any atom is -0.327 e. The lowest BCUT2D eigenvalue weighted by atomic mass is 10.1. The molecule has 3 aromatic rings. The van der Waals surface area contributed by atoms with Crippen molar-refractivity contribution in [1.29, 1.82) is 0 Å². The summed E-state index contributed by atoms with van der Waals surface area (Å²) >= 11 is 0. The van der Waals surface area contributed by atoms with Gasteiger partial charge in [-0.2, -0.15) is 0 Å². The van der Waals surface area contributed by atoms with E-state index in [0.29, 0.717) is 17.1 Å². The first-order valence-corrected chi connectivity index (χ1v) is 10.9. The van der Waals surface area contributed by atoms with Gasteiger partial charge < -0.3 is 15.2 Å². The predicted molar refractivity (Wildman–Crippen MR) is 123 cm³/mol. The number of rotatable bonds is 5. The van der Waals surface area contributed by atoms with E-state index in [1.807, 2.05) is 44.2 Å². The van der Waals surface area contributed by atoms with E-state index < -0.39 is 0 Å². The molecule has 0 radical (unpaired) electrons. The summed E-state index contributed by atoms with van der Waals surface area (Å²) in [5.41, 5.74) is 3.91. The van der Waals surface area contributed by atoms with Crippen LogP contribution >= 0.6 is 0 Å². The summed E-state index contributed by atoms with van der Waals surface area (Å²) in [4.78, 5) is 29.8. The summed E-state index contributed by atoms with van der Waals surface area (Å²) in [6.45, 7) is 4.58. The average molecular weight is 417 g/mol. The topological polar surface area (TPSA) is 76.0 Å². The molecule has 2 amide bonds. The summed E-state index contributed by atoms with van der Waals surface area (Å²) in [5.74, 6) is 0.529. The first kappa shape index (κ1) is 20.8. The highest BCUT2D eigenvalue weighted by Crippen LogP contribution is 2.27. The number of aromatic nitrogens is 2. The van der Waals surface area contributed by atoms with Gasteiger partial charge in [0.05, 0.1) is 5.69 Å². The Morgan fingerprint density at radius 3 is 2.26 bits per heavy atom. The van der Waals surface area contributed by atoms with Crippen LogP contribution < -0.4 is 10.6 Å². The van der Waals surface area contributed by atoms with Gasteiger partial charge in [-0.05, 0) is 43.5 Å². The van der Waals surface area contributed by atoms with E-state index in [1.54, 1.807) is 24.3 Å². The van der Waals surface area contributed by atoms with E-state index in [2.05, 4.69) is 15.2 Å². The molecule has 0 spiro atoms. The molecular weight excluding hydrogens is 388 g/mol. The third kappa shape index (κ3) is 4.68. The molecule has 0 bridgehead atoms. The van der Waals surface area contributed by atoms with Crippen LogP contribution in [0.25, 0.3) is 11.4 Å². The van der Waals surface area contributed by atoms with Gasteiger partial charge in [0.25, 0.3) is 5.91 Å². The number of carbonyl (C=O) groups is 2. The number of hydrogen-bond donors (Lipinski definition) is 2. The Hall–Kier alpha value is -3.41. The Morgan fingerprint density at radius 2 is 1.58 bits per heavy atom. The Labute approximate surface area is 182 Å². The molecule has 160 valence electrons. The van der Waals surface area contributed by atoms with Gasteiger partial charge in [0, 0.05) is 29.4 Å². The Bertz CT molecular complexity index is 1070. The fourth-order valence-corrected chi connectivity index (χ4v) is 3.82. The normalized spacial score (nSPS) is 13.4. The maximum absolute atomic E-state index is 13.1. The maximum atomic E-state index is 13.1. The lowest BCUT2D eigenvalue weighted by molar-refractivity contribution is -0.118. The quantitative estimate of drug-likeness (QED) is 0.606. The zero-order valence-corrected chi connectivity index (χ0v) is 18.0. The first-order valence-electron chi connectivity index (χ1n) is 10.9. The highest BCUT2D eigenvalue weighted by atomic mass is 16.2. The van der Waals surface area contributed by atoms with E-state index in [-0.39, 0.29) is 17.7 Å². The summed E-state index contributed by atoms with van der Waals surface area (Å²) in [5, 5.41) is 5.82. The average Bonchev–Trinajstić information content (AvgIpc) is 2.96. The minimum absolute atomic E-state index is 0.0362.